The van der Waals surface area contributed by atoms with Crippen molar-refractivity contribution < 1.29 is 18.4 Å². The number of rotatable bonds is 6. The normalized spacial score (nSPS) is 14.9. The third-order valence-electron chi connectivity index (χ3n) is 5.78. The molecule has 0 radical (unpaired) electrons. The van der Waals surface area contributed by atoms with E-state index in [2.05, 4.69) is 37.6 Å². The van der Waals surface area contributed by atoms with E-state index < -0.39 is 23.4 Å². The van der Waals surface area contributed by atoms with Gasteiger partial charge in [0, 0.05) is 56.9 Å². The second-order valence-corrected chi connectivity index (χ2v) is 7.95. The summed E-state index contributed by atoms with van der Waals surface area (Å²) in [6, 6.07) is 16.4. The van der Waals surface area contributed by atoms with Crippen LogP contribution in [0, 0.1) is 11.6 Å². The van der Waals surface area contributed by atoms with Gasteiger partial charge >= 0.3 is 11.8 Å². The van der Waals surface area contributed by atoms with E-state index in [1.54, 1.807) is 12.4 Å². The second kappa shape index (κ2) is 10.8. The highest BCUT2D eigenvalue weighted by atomic mass is 19.1. The number of amides is 2. The van der Waals surface area contributed by atoms with Crippen molar-refractivity contribution in [2.45, 2.75) is 6.04 Å². The number of pyridine rings is 1. The lowest BCUT2D eigenvalue weighted by molar-refractivity contribution is -0.136. The van der Waals surface area contributed by atoms with E-state index in [1.165, 1.54) is 0 Å². The van der Waals surface area contributed by atoms with Gasteiger partial charge in [0.1, 0.15) is 11.6 Å². The fourth-order valence-corrected chi connectivity index (χ4v) is 4.00. The highest BCUT2D eigenvalue weighted by Gasteiger charge is 2.27. The van der Waals surface area contributed by atoms with Gasteiger partial charge in [-0.05, 0) is 35.9 Å². The molecule has 0 bridgehead atoms. The van der Waals surface area contributed by atoms with Crippen molar-refractivity contribution in [1.82, 2.24) is 15.2 Å². The number of carbonyl (C=O) groups is 2. The third-order valence-corrected chi connectivity index (χ3v) is 5.78. The van der Waals surface area contributed by atoms with E-state index in [4.69, 9.17) is 0 Å². The largest absolute Gasteiger partial charge is 0.369 e. The van der Waals surface area contributed by atoms with Gasteiger partial charge in [0.15, 0.2) is 0 Å². The van der Waals surface area contributed by atoms with Crippen LogP contribution in [0.15, 0.2) is 73.1 Å². The molecule has 3 aromatic rings. The van der Waals surface area contributed by atoms with Crippen LogP contribution in [-0.2, 0) is 9.59 Å². The summed E-state index contributed by atoms with van der Waals surface area (Å²) in [7, 11) is 0. The first-order valence-corrected chi connectivity index (χ1v) is 11.0. The van der Waals surface area contributed by atoms with Crippen LogP contribution in [0.1, 0.15) is 11.6 Å². The summed E-state index contributed by atoms with van der Waals surface area (Å²) >= 11 is 0. The zero-order chi connectivity index (χ0) is 23.9. The van der Waals surface area contributed by atoms with Gasteiger partial charge < -0.3 is 15.5 Å². The van der Waals surface area contributed by atoms with Crippen LogP contribution in [0.4, 0.5) is 20.2 Å². The van der Waals surface area contributed by atoms with Crippen LogP contribution in [-0.4, -0.2) is 54.4 Å². The Kier molecular flexibility index (Phi) is 7.44. The molecule has 1 aliphatic rings. The van der Waals surface area contributed by atoms with Crippen LogP contribution < -0.4 is 15.5 Å². The number of nitrogens with zero attached hydrogens (tertiary/aromatic N) is 3. The number of hydrogen-bond acceptors (Lipinski definition) is 5. The zero-order valence-corrected chi connectivity index (χ0v) is 18.5. The molecule has 1 saturated heterocycles. The number of hydrogen-bond donors (Lipinski definition) is 2. The summed E-state index contributed by atoms with van der Waals surface area (Å²) in [5.41, 5.74) is 1.68. The van der Waals surface area contributed by atoms with Crippen molar-refractivity contribution in [3.8, 4) is 0 Å². The van der Waals surface area contributed by atoms with E-state index in [0.717, 1.165) is 55.6 Å². The van der Waals surface area contributed by atoms with Crippen LogP contribution in [0.2, 0.25) is 0 Å². The van der Waals surface area contributed by atoms with E-state index in [9.17, 15) is 18.4 Å². The lowest BCUT2D eigenvalue weighted by atomic mass is 10.1. The molecule has 176 valence electrons. The molecular formula is C25H25F2N5O2. The van der Waals surface area contributed by atoms with E-state index in [0.29, 0.717) is 0 Å². The number of benzene rings is 2. The third kappa shape index (κ3) is 5.74. The number of halogens is 2. The second-order valence-electron chi connectivity index (χ2n) is 7.95. The number of carbonyl (C=O) groups excluding carboxylic acids is 2. The minimum atomic E-state index is -1.07. The molecule has 2 N–H and O–H groups in total. The summed E-state index contributed by atoms with van der Waals surface area (Å²) in [6.07, 6.45) is 3.41. The smallest absolute Gasteiger partial charge is 0.313 e. The van der Waals surface area contributed by atoms with Gasteiger partial charge in [0.05, 0.1) is 11.7 Å². The Hall–Kier alpha value is -3.85. The number of piperazine rings is 1. The summed E-state index contributed by atoms with van der Waals surface area (Å²) in [6.45, 7) is 3.30. The molecule has 1 fully saturated rings. The number of nitrogens with one attached hydrogen (secondary N) is 2. The predicted molar refractivity (Wildman–Crippen MR) is 125 cm³/mol. The maximum Gasteiger partial charge on any atom is 0.313 e. The maximum absolute atomic E-state index is 13.8. The quantitative estimate of drug-likeness (QED) is 0.548. The van der Waals surface area contributed by atoms with Gasteiger partial charge in [-0.2, -0.15) is 0 Å². The van der Waals surface area contributed by atoms with Crippen molar-refractivity contribution in [2.24, 2.45) is 0 Å². The molecule has 1 aliphatic heterocycles. The van der Waals surface area contributed by atoms with Crippen molar-refractivity contribution in [1.29, 1.82) is 0 Å². The molecule has 0 aliphatic carbocycles. The predicted octanol–water partition coefficient (Wildman–Crippen LogP) is 2.98. The topological polar surface area (TPSA) is 77.6 Å². The highest BCUT2D eigenvalue weighted by Crippen LogP contribution is 2.23. The first-order chi connectivity index (χ1) is 16.5. The lowest BCUT2D eigenvalue weighted by Crippen LogP contribution is -2.50. The molecule has 0 saturated carbocycles. The molecule has 4 rings (SSSR count). The van der Waals surface area contributed by atoms with Gasteiger partial charge in [-0.15, -0.1) is 0 Å². The Morgan fingerprint density at radius 3 is 2.41 bits per heavy atom. The summed E-state index contributed by atoms with van der Waals surface area (Å²) < 4.78 is 27.1. The molecule has 1 aromatic heterocycles. The molecule has 34 heavy (non-hydrogen) atoms. The zero-order valence-electron chi connectivity index (χ0n) is 18.5. The first-order valence-electron chi connectivity index (χ1n) is 11.0. The maximum atomic E-state index is 13.8. The average Bonchev–Trinajstić information content (AvgIpc) is 2.88. The van der Waals surface area contributed by atoms with Gasteiger partial charge in [-0.3, -0.25) is 19.5 Å². The van der Waals surface area contributed by atoms with Crippen molar-refractivity contribution >= 4 is 23.2 Å². The van der Waals surface area contributed by atoms with Crippen LogP contribution in [0.25, 0.3) is 0 Å². The minimum absolute atomic E-state index is 0.162. The molecule has 0 spiro atoms. The van der Waals surface area contributed by atoms with Crippen molar-refractivity contribution in [2.75, 3.05) is 42.9 Å². The SMILES string of the molecule is O=C(NC[C@H](c1cccnc1)N1CCN(c2ccccc2)CC1)C(=O)Nc1cc(F)ccc1F. The minimum Gasteiger partial charge on any atom is -0.369 e. The molecule has 0 unspecified atom stereocenters. The van der Waals surface area contributed by atoms with Crippen molar-refractivity contribution in [3.05, 3.63) is 90.3 Å². The Morgan fingerprint density at radius 1 is 0.941 bits per heavy atom. The molecule has 2 amide bonds. The molecule has 9 heteroatoms. The van der Waals surface area contributed by atoms with Gasteiger partial charge in [0.25, 0.3) is 0 Å². The van der Waals surface area contributed by atoms with Crippen LogP contribution in [0.5, 0.6) is 0 Å². The number of aromatic nitrogens is 1. The van der Waals surface area contributed by atoms with E-state index >= 15 is 0 Å². The standard InChI is InChI=1S/C25H25F2N5O2/c26-19-8-9-21(27)22(15-19)30-25(34)24(33)29-17-23(18-5-4-10-28-16-18)32-13-11-31(12-14-32)20-6-2-1-3-7-20/h1-10,15-16,23H,11-14,17H2,(H,29,33)(H,30,34)/t23-/m1/s1. The van der Waals surface area contributed by atoms with Crippen LogP contribution in [0.3, 0.4) is 0 Å². The van der Waals surface area contributed by atoms with E-state index in [1.807, 2.05) is 30.3 Å². The van der Waals surface area contributed by atoms with Gasteiger partial charge in [-0.1, -0.05) is 24.3 Å². The average molecular weight is 466 g/mol. The van der Waals surface area contributed by atoms with E-state index in [-0.39, 0.29) is 18.3 Å². The summed E-state index contributed by atoms with van der Waals surface area (Å²) in [4.78, 5) is 33.4. The number of para-hydroxylation sites is 1. The van der Waals surface area contributed by atoms with Gasteiger partial charge in [0.2, 0.25) is 0 Å². The van der Waals surface area contributed by atoms with Gasteiger partial charge in [-0.25, -0.2) is 8.78 Å². The Balaban J connectivity index is 1.39. The number of anilines is 2. The highest BCUT2D eigenvalue weighted by molar-refractivity contribution is 6.39. The lowest BCUT2D eigenvalue weighted by Gasteiger charge is -2.40. The Bertz CT molecular complexity index is 1120. The molecule has 2 heterocycles. The molecular weight excluding hydrogens is 440 g/mol. The Morgan fingerprint density at radius 2 is 1.71 bits per heavy atom. The van der Waals surface area contributed by atoms with Crippen LogP contribution >= 0.6 is 0 Å². The molecule has 2 aromatic carbocycles. The fourth-order valence-electron chi connectivity index (χ4n) is 4.00. The Labute approximate surface area is 196 Å². The fraction of sp³-hybridized carbons (Fsp3) is 0.240. The summed E-state index contributed by atoms with van der Waals surface area (Å²) in [5, 5.41) is 4.74. The monoisotopic (exact) mass is 465 g/mol. The van der Waals surface area contributed by atoms with Crippen molar-refractivity contribution in [3.63, 3.8) is 0 Å². The summed E-state index contributed by atoms with van der Waals surface area (Å²) in [5.74, 6) is -3.54. The first kappa shape index (κ1) is 23.3. The molecule has 7 nitrogen and oxygen atoms in total. The molecule has 1 atom stereocenters.